The van der Waals surface area contributed by atoms with Gasteiger partial charge in [-0.15, -0.1) is 13.2 Å². The Morgan fingerprint density at radius 1 is 1.12 bits per heavy atom. The molecule has 48 heavy (non-hydrogen) atoms. The predicted molar refractivity (Wildman–Crippen MR) is 183 cm³/mol. The van der Waals surface area contributed by atoms with Crippen LogP contribution >= 0.6 is 0 Å². The van der Waals surface area contributed by atoms with Gasteiger partial charge in [-0.1, -0.05) is 55.3 Å². The van der Waals surface area contributed by atoms with E-state index in [9.17, 15) is 24.3 Å². The summed E-state index contributed by atoms with van der Waals surface area (Å²) < 4.78 is 13.0. The molecule has 2 bridgehead atoms. The van der Waals surface area contributed by atoms with Crippen molar-refractivity contribution in [2.24, 2.45) is 11.8 Å². The van der Waals surface area contributed by atoms with Crippen LogP contribution in [0.1, 0.15) is 90.7 Å². The number of benzene rings is 1. The highest BCUT2D eigenvalue weighted by Crippen LogP contribution is 2.59. The molecule has 0 aliphatic carbocycles. The molecule has 1 spiro atoms. The number of aliphatic hydroxyl groups is 1. The maximum absolute atomic E-state index is 14.6. The Bertz CT molecular complexity index is 1330. The summed E-state index contributed by atoms with van der Waals surface area (Å²) in [5.41, 5.74) is -0.955. The summed E-state index contributed by atoms with van der Waals surface area (Å²) in [6, 6.07) is 7.94. The van der Waals surface area contributed by atoms with Crippen molar-refractivity contribution in [1.82, 2.24) is 14.7 Å². The van der Waals surface area contributed by atoms with Gasteiger partial charge in [0.2, 0.25) is 17.7 Å². The first-order valence-electron chi connectivity index (χ1n) is 17.5. The molecule has 264 valence electrons. The van der Waals surface area contributed by atoms with Gasteiger partial charge in [-0.25, -0.2) is 0 Å². The fourth-order valence-electron chi connectivity index (χ4n) is 7.78. The Morgan fingerprint density at radius 3 is 2.44 bits per heavy atom. The number of nitrogens with zero attached hydrogens (tertiary/aromatic N) is 3. The minimum Gasteiger partial charge on any atom is -0.455 e. The average Bonchev–Trinajstić information content (AvgIpc) is 3.71. The zero-order valence-corrected chi connectivity index (χ0v) is 29.4. The van der Waals surface area contributed by atoms with Crippen molar-refractivity contribution in [3.63, 3.8) is 0 Å². The Kier molecular flexibility index (Phi) is 12.3. The van der Waals surface area contributed by atoms with Crippen LogP contribution in [-0.2, 0) is 28.7 Å². The van der Waals surface area contributed by atoms with E-state index in [1.807, 2.05) is 58.0 Å². The lowest BCUT2D eigenvalue weighted by Gasteiger charge is -2.42. The number of fused-ring (bicyclic) bond motifs is 1. The van der Waals surface area contributed by atoms with Gasteiger partial charge in [-0.3, -0.25) is 19.2 Å². The number of carbonyl (C=O) groups is 4. The van der Waals surface area contributed by atoms with Crippen LogP contribution in [0.2, 0.25) is 0 Å². The summed E-state index contributed by atoms with van der Waals surface area (Å²) in [4.78, 5) is 61.4. The van der Waals surface area contributed by atoms with Gasteiger partial charge in [0.05, 0.1) is 24.0 Å². The summed E-state index contributed by atoms with van der Waals surface area (Å²) >= 11 is 0. The molecule has 0 radical (unpaired) electrons. The van der Waals surface area contributed by atoms with E-state index in [0.29, 0.717) is 51.6 Å². The molecule has 10 heteroatoms. The molecule has 1 aromatic rings. The van der Waals surface area contributed by atoms with Crippen molar-refractivity contribution in [2.75, 3.05) is 26.7 Å². The number of unbranched alkanes of at least 4 members (excludes halogenated alkanes) is 3. The number of esters is 1. The number of likely N-dealkylation sites (tertiary alicyclic amines) is 1. The van der Waals surface area contributed by atoms with E-state index in [2.05, 4.69) is 13.2 Å². The molecule has 3 fully saturated rings. The highest BCUT2D eigenvalue weighted by molar-refractivity contribution is 5.98. The molecule has 0 unspecified atom stereocenters. The lowest BCUT2D eigenvalue weighted by molar-refractivity contribution is -0.164. The highest BCUT2D eigenvalue weighted by atomic mass is 16.6. The molecule has 4 rings (SSSR count). The summed E-state index contributed by atoms with van der Waals surface area (Å²) in [6.45, 7) is 16.1. The van der Waals surface area contributed by atoms with Crippen molar-refractivity contribution in [3.05, 3.63) is 61.2 Å². The second kappa shape index (κ2) is 15.8. The van der Waals surface area contributed by atoms with Gasteiger partial charge in [0.25, 0.3) is 0 Å². The van der Waals surface area contributed by atoms with Gasteiger partial charge < -0.3 is 29.3 Å². The third kappa shape index (κ3) is 7.39. The summed E-state index contributed by atoms with van der Waals surface area (Å²) in [5.74, 6) is -2.86. The first-order valence-corrected chi connectivity index (χ1v) is 17.5. The van der Waals surface area contributed by atoms with E-state index < -0.39 is 53.2 Å². The van der Waals surface area contributed by atoms with Crippen molar-refractivity contribution >= 4 is 23.7 Å². The number of likely N-dealkylation sites (N-methyl/N-ethyl adjacent to an activating group) is 1. The topological polar surface area (TPSA) is 117 Å². The summed E-state index contributed by atoms with van der Waals surface area (Å²) in [5, 5.41) is 9.24. The average molecular weight is 666 g/mol. The molecule has 3 amide bonds. The van der Waals surface area contributed by atoms with Crippen LogP contribution in [0.5, 0.6) is 0 Å². The largest absolute Gasteiger partial charge is 0.455 e. The lowest BCUT2D eigenvalue weighted by Crippen LogP contribution is -2.59. The van der Waals surface area contributed by atoms with E-state index in [1.165, 1.54) is 0 Å². The predicted octanol–water partition coefficient (Wildman–Crippen LogP) is 4.82. The fraction of sp³-hybridized carbons (Fsp3) is 0.632. The number of amides is 3. The third-order valence-electron chi connectivity index (χ3n) is 10.4. The number of carbonyl (C=O) groups excluding carboxylic acids is 4. The zero-order chi connectivity index (χ0) is 35.2. The molecule has 0 saturated carbocycles. The van der Waals surface area contributed by atoms with Crippen LogP contribution in [-0.4, -0.2) is 99.6 Å². The van der Waals surface area contributed by atoms with Crippen molar-refractivity contribution in [3.8, 4) is 0 Å². The zero-order valence-electron chi connectivity index (χ0n) is 29.4. The summed E-state index contributed by atoms with van der Waals surface area (Å²) in [7, 11) is 1.70. The minimum absolute atomic E-state index is 0.0912. The Labute approximate surface area is 286 Å². The number of rotatable bonds is 17. The maximum Gasteiger partial charge on any atom is 0.313 e. The molecule has 1 aromatic carbocycles. The normalized spacial score (nSPS) is 25.7. The first kappa shape index (κ1) is 37.3. The maximum atomic E-state index is 14.6. The molecule has 3 saturated heterocycles. The number of hydrogen-bond acceptors (Lipinski definition) is 7. The van der Waals surface area contributed by atoms with Gasteiger partial charge in [0.15, 0.2) is 0 Å². The van der Waals surface area contributed by atoms with Crippen molar-refractivity contribution in [2.45, 2.75) is 114 Å². The third-order valence-corrected chi connectivity index (χ3v) is 10.4. The van der Waals surface area contributed by atoms with Crippen LogP contribution in [0.4, 0.5) is 0 Å². The smallest absolute Gasteiger partial charge is 0.313 e. The van der Waals surface area contributed by atoms with Crippen LogP contribution in [0, 0.1) is 11.8 Å². The monoisotopic (exact) mass is 665 g/mol. The highest BCUT2D eigenvalue weighted by Gasteiger charge is 2.75. The van der Waals surface area contributed by atoms with E-state index in [4.69, 9.17) is 9.47 Å². The lowest BCUT2D eigenvalue weighted by atomic mass is 9.70. The van der Waals surface area contributed by atoms with Crippen LogP contribution in [0.15, 0.2) is 55.6 Å². The SMILES string of the molecule is C=CCCC(=O)N(C)[C@@H](C)[C@@H](OC(=O)[C@@H]1[C@H]2C(=O)N(CCCCCCO)[C@H](C(=O)N(CC=C)C(C)(C)C)[C@]23CC[C@H]1O3)c1ccccc1. The van der Waals surface area contributed by atoms with Crippen LogP contribution < -0.4 is 0 Å². The van der Waals surface area contributed by atoms with Gasteiger partial charge in [0, 0.05) is 38.7 Å². The standard InChI is InChI=1S/C38H55N3O7/c1-8-10-20-29(43)39(7)26(3)32(27-18-14-13-15-19-27)47-36(46)30-28-21-22-38(48-28)31(30)34(44)40(24-16-11-12-17-25-42)33(38)35(45)41(23-9-2)37(4,5)6/h8-9,13-15,18-19,26,28,30-33,42H,1-2,10-12,16-17,20-25H2,3-7H3/t26-,28+,30-,31-,32+,33+,38-/m0/s1. The van der Waals surface area contributed by atoms with E-state index in [1.54, 1.807) is 33.9 Å². The molecule has 10 nitrogen and oxygen atoms in total. The van der Waals surface area contributed by atoms with E-state index >= 15 is 0 Å². The number of aliphatic hydroxyl groups excluding tert-OH is 1. The van der Waals surface area contributed by atoms with Gasteiger partial charge in [-0.05, 0) is 65.4 Å². The number of ether oxygens (including phenoxy) is 2. The fourth-order valence-corrected chi connectivity index (χ4v) is 7.78. The second-order valence-corrected chi connectivity index (χ2v) is 14.5. The molecule has 3 aliphatic heterocycles. The molecule has 1 N–H and O–H groups in total. The number of allylic oxidation sites excluding steroid dienone is 1. The van der Waals surface area contributed by atoms with E-state index in [-0.39, 0.29) is 24.3 Å². The van der Waals surface area contributed by atoms with Gasteiger partial charge in [-0.2, -0.15) is 0 Å². The Morgan fingerprint density at radius 2 is 1.81 bits per heavy atom. The first-order chi connectivity index (χ1) is 22.8. The molecule has 3 heterocycles. The van der Waals surface area contributed by atoms with Gasteiger partial charge in [0.1, 0.15) is 17.7 Å². The van der Waals surface area contributed by atoms with E-state index in [0.717, 1.165) is 18.4 Å². The molecular weight excluding hydrogens is 610 g/mol. The van der Waals surface area contributed by atoms with Crippen molar-refractivity contribution < 1.29 is 33.8 Å². The quantitative estimate of drug-likeness (QED) is 0.144. The summed E-state index contributed by atoms with van der Waals surface area (Å²) in [6.07, 6.45) is 6.83. The number of hydrogen-bond donors (Lipinski definition) is 1. The van der Waals surface area contributed by atoms with Gasteiger partial charge >= 0.3 is 5.97 Å². The second-order valence-electron chi connectivity index (χ2n) is 14.5. The van der Waals surface area contributed by atoms with Crippen molar-refractivity contribution in [1.29, 1.82) is 0 Å². The molecule has 7 atom stereocenters. The minimum atomic E-state index is -1.15. The molecular formula is C38H55N3O7. The van der Waals surface area contributed by atoms with Crippen LogP contribution in [0.3, 0.4) is 0 Å². The van der Waals surface area contributed by atoms with Crippen LogP contribution in [0.25, 0.3) is 0 Å². The Hall–Kier alpha value is -3.50. The Balaban J connectivity index is 1.67. The molecule has 0 aromatic heterocycles. The molecule has 3 aliphatic rings.